The second-order valence-corrected chi connectivity index (χ2v) is 7.07. The van der Waals surface area contributed by atoms with E-state index in [0.29, 0.717) is 12.1 Å². The van der Waals surface area contributed by atoms with E-state index >= 15 is 0 Å². The molecule has 1 N–H and O–H groups in total. The Hall–Kier alpha value is -1.01. The zero-order valence-electron chi connectivity index (χ0n) is 11.3. The van der Waals surface area contributed by atoms with E-state index < -0.39 is 32.8 Å². The Bertz CT molecular complexity index is 511. The molecule has 0 aromatic heterocycles. The highest BCUT2D eigenvalue weighted by Gasteiger charge is 2.27. The van der Waals surface area contributed by atoms with Crippen molar-refractivity contribution in [3.63, 3.8) is 0 Å². The van der Waals surface area contributed by atoms with Crippen LogP contribution >= 0.6 is 0 Å². The smallest absolute Gasteiger partial charge is 0.151 e. The van der Waals surface area contributed by atoms with Crippen molar-refractivity contribution in [2.45, 2.75) is 31.6 Å². The van der Waals surface area contributed by atoms with Gasteiger partial charge in [0.2, 0.25) is 0 Å². The molecule has 0 amide bonds. The Labute approximate surface area is 112 Å². The lowest BCUT2D eigenvalue weighted by atomic mass is 10.0. The third kappa shape index (κ3) is 4.54. The van der Waals surface area contributed by atoms with Crippen molar-refractivity contribution in [1.29, 1.82) is 0 Å². The number of hydrogen-bond donors (Lipinski definition) is 1. The Morgan fingerprint density at radius 1 is 1.21 bits per heavy atom. The lowest BCUT2D eigenvalue weighted by molar-refractivity contribution is 0.492. The molecule has 108 valence electrons. The van der Waals surface area contributed by atoms with Gasteiger partial charge in [0, 0.05) is 18.4 Å². The molecule has 0 aliphatic carbocycles. The zero-order chi connectivity index (χ0) is 14.6. The van der Waals surface area contributed by atoms with Crippen molar-refractivity contribution in [3.8, 4) is 0 Å². The van der Waals surface area contributed by atoms with Gasteiger partial charge in [0.25, 0.3) is 0 Å². The van der Waals surface area contributed by atoms with Gasteiger partial charge in [0.05, 0.1) is 5.25 Å². The second-order valence-electron chi connectivity index (χ2n) is 4.67. The van der Waals surface area contributed by atoms with E-state index in [4.69, 9.17) is 0 Å². The molecule has 0 spiro atoms. The summed E-state index contributed by atoms with van der Waals surface area (Å²) in [5, 5.41) is 2.27. The highest BCUT2D eigenvalue weighted by atomic mass is 32.2. The minimum Gasteiger partial charge on any atom is -0.309 e. The number of rotatable bonds is 6. The largest absolute Gasteiger partial charge is 0.309 e. The molecule has 1 rings (SSSR count). The zero-order valence-corrected chi connectivity index (χ0v) is 12.1. The molecule has 0 fully saturated rings. The molecule has 0 heterocycles. The first-order valence-electron chi connectivity index (χ1n) is 6.14. The van der Waals surface area contributed by atoms with Crippen LogP contribution in [0.25, 0.3) is 0 Å². The molecule has 2 unspecified atom stereocenters. The molecule has 0 saturated heterocycles. The van der Waals surface area contributed by atoms with E-state index in [0.717, 1.165) is 30.9 Å². The van der Waals surface area contributed by atoms with Crippen LogP contribution in [0, 0.1) is 11.6 Å². The van der Waals surface area contributed by atoms with Gasteiger partial charge in [0.15, 0.2) is 9.84 Å². The molecule has 1 aromatic rings. The molecule has 6 heteroatoms. The van der Waals surface area contributed by atoms with Crippen molar-refractivity contribution < 1.29 is 17.2 Å². The van der Waals surface area contributed by atoms with E-state index in [-0.39, 0.29) is 0 Å². The number of sulfone groups is 1. The first kappa shape index (κ1) is 16.0. The van der Waals surface area contributed by atoms with E-state index in [2.05, 4.69) is 5.32 Å². The molecule has 0 radical (unpaired) electrons. The van der Waals surface area contributed by atoms with E-state index in [1.807, 2.05) is 6.92 Å². The average molecular weight is 291 g/mol. The maximum atomic E-state index is 13.3. The lowest BCUT2D eigenvalue weighted by Crippen LogP contribution is -2.35. The highest BCUT2D eigenvalue weighted by molar-refractivity contribution is 7.91. The van der Waals surface area contributed by atoms with Gasteiger partial charge in [-0.15, -0.1) is 0 Å². The highest BCUT2D eigenvalue weighted by Crippen LogP contribution is 2.23. The van der Waals surface area contributed by atoms with Crippen molar-refractivity contribution in [1.82, 2.24) is 5.32 Å². The monoisotopic (exact) mass is 291 g/mol. The first-order chi connectivity index (χ1) is 8.75. The molecule has 0 aliphatic heterocycles. The van der Waals surface area contributed by atoms with Gasteiger partial charge in [-0.25, -0.2) is 17.2 Å². The Balaban J connectivity index is 3.15. The Kier molecular flexibility index (Phi) is 5.43. The number of halogens is 2. The molecule has 0 saturated carbocycles. The summed E-state index contributed by atoms with van der Waals surface area (Å²) in [6.07, 6.45) is 1.92. The van der Waals surface area contributed by atoms with Crippen LogP contribution in [0.5, 0.6) is 0 Å². The van der Waals surface area contributed by atoms with Gasteiger partial charge < -0.3 is 5.32 Å². The molecule has 1 aromatic carbocycles. The van der Waals surface area contributed by atoms with Crippen molar-refractivity contribution >= 4 is 9.84 Å². The van der Waals surface area contributed by atoms with Gasteiger partial charge in [0.1, 0.15) is 11.6 Å². The van der Waals surface area contributed by atoms with Crippen LogP contribution in [0.1, 0.15) is 31.9 Å². The summed E-state index contributed by atoms with van der Waals surface area (Å²) in [6.45, 7) is 4.04. The molecule has 0 bridgehead atoms. The van der Waals surface area contributed by atoms with Crippen LogP contribution in [0.2, 0.25) is 0 Å². The van der Waals surface area contributed by atoms with Gasteiger partial charge in [-0.3, -0.25) is 0 Å². The van der Waals surface area contributed by atoms with Crippen molar-refractivity contribution in [2.24, 2.45) is 0 Å². The summed E-state index contributed by atoms with van der Waals surface area (Å²) in [7, 11) is -3.31. The maximum Gasteiger partial charge on any atom is 0.151 e. The van der Waals surface area contributed by atoms with Crippen molar-refractivity contribution in [3.05, 3.63) is 35.4 Å². The number of hydrogen-bond acceptors (Lipinski definition) is 3. The summed E-state index contributed by atoms with van der Waals surface area (Å²) in [5.74, 6) is -1.42. The first-order valence-corrected chi connectivity index (χ1v) is 8.09. The predicted octanol–water partition coefficient (Wildman–Crippen LogP) is 2.44. The Morgan fingerprint density at radius 2 is 1.74 bits per heavy atom. The van der Waals surface area contributed by atoms with Crippen LogP contribution < -0.4 is 5.32 Å². The standard InChI is InChI=1S/C13H19F2NO2S/c1-4-5-16-13(9(2)19(3,17)18)10-6-11(14)8-12(15)7-10/h6-9,13,16H,4-5H2,1-3H3. The maximum absolute atomic E-state index is 13.3. The molecule has 3 nitrogen and oxygen atoms in total. The molecular formula is C13H19F2NO2S. The minimum absolute atomic E-state index is 0.309. The van der Waals surface area contributed by atoms with Gasteiger partial charge in [-0.05, 0) is 37.6 Å². The predicted molar refractivity (Wildman–Crippen MR) is 71.7 cm³/mol. The SMILES string of the molecule is CCCNC(c1cc(F)cc(F)c1)C(C)S(C)(=O)=O. The number of benzene rings is 1. The van der Waals surface area contributed by atoms with Crippen molar-refractivity contribution in [2.75, 3.05) is 12.8 Å². The minimum atomic E-state index is -3.31. The topological polar surface area (TPSA) is 46.2 Å². The lowest BCUT2D eigenvalue weighted by Gasteiger charge is -2.24. The molecule has 19 heavy (non-hydrogen) atoms. The summed E-state index contributed by atoms with van der Waals surface area (Å²) < 4.78 is 49.8. The summed E-state index contributed by atoms with van der Waals surface area (Å²) in [4.78, 5) is 0. The fourth-order valence-corrected chi connectivity index (χ4v) is 2.60. The third-order valence-electron chi connectivity index (χ3n) is 3.00. The number of nitrogens with one attached hydrogen (secondary N) is 1. The summed E-state index contributed by atoms with van der Waals surface area (Å²) in [6, 6.07) is 2.47. The fourth-order valence-electron chi connectivity index (χ4n) is 1.86. The molecular weight excluding hydrogens is 272 g/mol. The van der Waals surface area contributed by atoms with Crippen LogP contribution in [0.4, 0.5) is 8.78 Å². The third-order valence-corrected chi connectivity index (χ3v) is 4.63. The Morgan fingerprint density at radius 3 is 2.16 bits per heavy atom. The van der Waals surface area contributed by atoms with Gasteiger partial charge >= 0.3 is 0 Å². The van der Waals surface area contributed by atoms with E-state index in [1.165, 1.54) is 6.92 Å². The quantitative estimate of drug-likeness (QED) is 0.875. The second kappa shape index (κ2) is 6.43. The molecule has 2 atom stereocenters. The summed E-state index contributed by atoms with van der Waals surface area (Å²) in [5.41, 5.74) is 0.309. The van der Waals surface area contributed by atoms with Crippen LogP contribution in [0.15, 0.2) is 18.2 Å². The van der Waals surface area contributed by atoms with E-state index in [1.54, 1.807) is 0 Å². The normalized spacial score (nSPS) is 15.2. The summed E-state index contributed by atoms with van der Waals surface area (Å²) >= 11 is 0. The van der Waals surface area contributed by atoms with Crippen LogP contribution in [-0.2, 0) is 9.84 Å². The molecule has 0 aliphatic rings. The van der Waals surface area contributed by atoms with Crippen LogP contribution in [0.3, 0.4) is 0 Å². The van der Waals surface area contributed by atoms with Crippen LogP contribution in [-0.4, -0.2) is 26.5 Å². The fraction of sp³-hybridized carbons (Fsp3) is 0.538. The average Bonchev–Trinajstić information content (AvgIpc) is 2.26. The van der Waals surface area contributed by atoms with Gasteiger partial charge in [-0.1, -0.05) is 6.92 Å². The van der Waals surface area contributed by atoms with Gasteiger partial charge in [-0.2, -0.15) is 0 Å². The van der Waals surface area contributed by atoms with E-state index in [9.17, 15) is 17.2 Å².